The lowest BCUT2D eigenvalue weighted by atomic mass is 10.2. The summed E-state index contributed by atoms with van der Waals surface area (Å²) in [4.78, 5) is 11.5. The number of carbonyl (C=O) groups is 1. The highest BCUT2D eigenvalue weighted by Crippen LogP contribution is 2.19. The summed E-state index contributed by atoms with van der Waals surface area (Å²) < 4.78 is 15.9. The summed E-state index contributed by atoms with van der Waals surface area (Å²) in [5, 5.41) is 0. The van der Waals surface area contributed by atoms with Gasteiger partial charge in [-0.3, -0.25) is 4.79 Å². The molecule has 20 heavy (non-hydrogen) atoms. The monoisotopic (exact) mass is 281 g/mol. The number of hydrogen-bond donors (Lipinski definition) is 1. The zero-order valence-corrected chi connectivity index (χ0v) is 12.3. The maximum Gasteiger partial charge on any atom is 0.309 e. The molecule has 0 radical (unpaired) electrons. The molecule has 0 spiro atoms. The van der Waals surface area contributed by atoms with E-state index in [0.29, 0.717) is 18.0 Å². The van der Waals surface area contributed by atoms with Crippen LogP contribution in [0.5, 0.6) is 5.75 Å². The Kier molecular flexibility index (Phi) is 6.31. The number of anilines is 1. The summed E-state index contributed by atoms with van der Waals surface area (Å²) in [5.74, 6) is 0.272. The van der Waals surface area contributed by atoms with Crippen LogP contribution in [0.3, 0.4) is 0 Å². The fourth-order valence-electron chi connectivity index (χ4n) is 1.43. The Morgan fingerprint density at radius 3 is 2.50 bits per heavy atom. The molecule has 0 heterocycles. The van der Waals surface area contributed by atoms with Crippen molar-refractivity contribution >= 4 is 11.7 Å². The molecular weight excluding hydrogens is 258 g/mol. The predicted molar refractivity (Wildman–Crippen MR) is 77.6 cm³/mol. The van der Waals surface area contributed by atoms with Crippen molar-refractivity contribution in [3.05, 3.63) is 24.3 Å². The van der Waals surface area contributed by atoms with Gasteiger partial charge in [0.2, 0.25) is 0 Å². The molecule has 0 atom stereocenters. The van der Waals surface area contributed by atoms with Gasteiger partial charge in [0, 0.05) is 0 Å². The number of benzene rings is 1. The van der Waals surface area contributed by atoms with Crippen LogP contribution >= 0.6 is 0 Å². The molecule has 1 aromatic carbocycles. The fourth-order valence-corrected chi connectivity index (χ4v) is 1.43. The Labute approximate surface area is 120 Å². The average Bonchev–Trinajstić information content (AvgIpc) is 2.36. The number of rotatable bonds is 7. The molecule has 2 N–H and O–H groups in total. The van der Waals surface area contributed by atoms with Gasteiger partial charge in [0.25, 0.3) is 0 Å². The van der Waals surface area contributed by atoms with Crippen molar-refractivity contribution in [1.29, 1.82) is 0 Å². The van der Waals surface area contributed by atoms with E-state index in [0.717, 1.165) is 0 Å². The molecule has 0 unspecified atom stereocenters. The Morgan fingerprint density at radius 1 is 1.15 bits per heavy atom. The molecule has 0 bridgehead atoms. The minimum absolute atomic E-state index is 0.184. The molecule has 5 nitrogen and oxygen atoms in total. The third-order valence-corrected chi connectivity index (χ3v) is 2.36. The Bertz CT molecular complexity index is 426. The number of carbonyl (C=O) groups excluding carboxylic acids is 1. The van der Waals surface area contributed by atoms with Crippen LogP contribution in [0.25, 0.3) is 0 Å². The second-order valence-corrected chi connectivity index (χ2v) is 5.32. The molecule has 0 amide bonds. The molecule has 1 aromatic rings. The smallest absolute Gasteiger partial charge is 0.309 e. The van der Waals surface area contributed by atoms with Gasteiger partial charge in [0.15, 0.2) is 0 Å². The summed E-state index contributed by atoms with van der Waals surface area (Å²) in [6.07, 6.45) is 0.184. The quantitative estimate of drug-likeness (QED) is 0.472. The topological polar surface area (TPSA) is 70.8 Å². The zero-order valence-electron chi connectivity index (χ0n) is 12.3. The maximum absolute atomic E-state index is 11.5. The average molecular weight is 281 g/mol. The molecule has 112 valence electrons. The van der Waals surface area contributed by atoms with Crippen LogP contribution in [-0.2, 0) is 14.3 Å². The minimum Gasteiger partial charge on any atom is -0.491 e. The van der Waals surface area contributed by atoms with E-state index in [9.17, 15) is 4.79 Å². The molecule has 0 saturated carbocycles. The van der Waals surface area contributed by atoms with Gasteiger partial charge in [-0.25, -0.2) is 0 Å². The first-order valence-electron chi connectivity index (χ1n) is 6.65. The number of ether oxygens (including phenoxy) is 3. The Hall–Kier alpha value is -1.75. The van der Waals surface area contributed by atoms with Crippen molar-refractivity contribution in [2.24, 2.45) is 0 Å². The molecule has 0 aliphatic rings. The van der Waals surface area contributed by atoms with Crippen LogP contribution in [0.1, 0.15) is 27.2 Å². The van der Waals surface area contributed by atoms with Gasteiger partial charge < -0.3 is 19.9 Å². The summed E-state index contributed by atoms with van der Waals surface area (Å²) >= 11 is 0. The van der Waals surface area contributed by atoms with E-state index in [2.05, 4.69) is 0 Å². The van der Waals surface area contributed by atoms with Crippen LogP contribution in [0.15, 0.2) is 24.3 Å². The van der Waals surface area contributed by atoms with Crippen molar-refractivity contribution in [1.82, 2.24) is 0 Å². The molecule has 0 aromatic heterocycles. The van der Waals surface area contributed by atoms with Crippen molar-refractivity contribution in [3.8, 4) is 5.75 Å². The van der Waals surface area contributed by atoms with Crippen LogP contribution in [0.4, 0.5) is 5.69 Å². The van der Waals surface area contributed by atoms with Gasteiger partial charge in [0.05, 0.1) is 30.9 Å². The van der Waals surface area contributed by atoms with E-state index < -0.39 is 0 Å². The molecule has 0 aliphatic carbocycles. The van der Waals surface area contributed by atoms with Gasteiger partial charge in [-0.05, 0) is 32.9 Å². The first-order valence-corrected chi connectivity index (χ1v) is 6.65. The van der Waals surface area contributed by atoms with Crippen LogP contribution in [-0.4, -0.2) is 31.4 Å². The number of hydrogen-bond acceptors (Lipinski definition) is 5. The van der Waals surface area contributed by atoms with E-state index in [1.807, 2.05) is 32.9 Å². The highest BCUT2D eigenvalue weighted by Gasteiger charge is 2.10. The van der Waals surface area contributed by atoms with E-state index in [-0.39, 0.29) is 31.2 Å². The lowest BCUT2D eigenvalue weighted by Gasteiger charge is -2.19. The third-order valence-electron chi connectivity index (χ3n) is 2.36. The van der Waals surface area contributed by atoms with Crippen LogP contribution in [0.2, 0.25) is 0 Å². The highest BCUT2D eigenvalue weighted by molar-refractivity contribution is 5.69. The minimum atomic E-state index is -0.308. The van der Waals surface area contributed by atoms with Gasteiger partial charge in [-0.15, -0.1) is 0 Å². The van der Waals surface area contributed by atoms with E-state index in [1.54, 1.807) is 12.1 Å². The summed E-state index contributed by atoms with van der Waals surface area (Å²) in [6, 6.07) is 7.16. The number of esters is 1. The number of para-hydroxylation sites is 2. The lowest BCUT2D eigenvalue weighted by Crippen LogP contribution is -2.23. The summed E-state index contributed by atoms with van der Waals surface area (Å²) in [5.41, 5.74) is 6.05. The highest BCUT2D eigenvalue weighted by atomic mass is 16.6. The second-order valence-electron chi connectivity index (χ2n) is 5.32. The SMILES string of the molecule is CC(C)(C)OCCOC(=O)CCOc1ccccc1N. The lowest BCUT2D eigenvalue weighted by molar-refractivity contribution is -0.147. The fraction of sp³-hybridized carbons (Fsp3) is 0.533. The Morgan fingerprint density at radius 2 is 1.85 bits per heavy atom. The first-order chi connectivity index (χ1) is 9.38. The molecule has 1 rings (SSSR count). The molecule has 0 fully saturated rings. The van der Waals surface area contributed by atoms with Crippen molar-refractivity contribution in [3.63, 3.8) is 0 Å². The summed E-state index contributed by atoms with van der Waals surface area (Å²) in [6.45, 7) is 6.74. The summed E-state index contributed by atoms with van der Waals surface area (Å²) in [7, 11) is 0. The predicted octanol–water partition coefficient (Wildman–Crippen LogP) is 2.40. The second kappa shape index (κ2) is 7.75. The molecule has 0 aliphatic heterocycles. The maximum atomic E-state index is 11.5. The zero-order chi connectivity index (χ0) is 15.0. The molecular formula is C15H23NO4. The van der Waals surface area contributed by atoms with Crippen molar-refractivity contribution < 1.29 is 19.0 Å². The standard InChI is InChI=1S/C15H23NO4/c1-15(2,3)20-11-10-19-14(17)8-9-18-13-7-5-4-6-12(13)16/h4-7H,8-11,16H2,1-3H3. The molecule has 5 heteroatoms. The Balaban J connectivity index is 2.13. The van der Waals surface area contributed by atoms with E-state index in [1.165, 1.54) is 0 Å². The van der Waals surface area contributed by atoms with Crippen LogP contribution < -0.4 is 10.5 Å². The van der Waals surface area contributed by atoms with E-state index >= 15 is 0 Å². The van der Waals surface area contributed by atoms with Gasteiger partial charge in [-0.1, -0.05) is 12.1 Å². The third kappa shape index (κ3) is 6.99. The van der Waals surface area contributed by atoms with E-state index in [4.69, 9.17) is 19.9 Å². The normalized spacial score (nSPS) is 11.2. The first kappa shape index (κ1) is 16.3. The van der Waals surface area contributed by atoms with Crippen molar-refractivity contribution in [2.45, 2.75) is 32.8 Å². The van der Waals surface area contributed by atoms with Gasteiger partial charge in [-0.2, -0.15) is 0 Å². The largest absolute Gasteiger partial charge is 0.491 e. The number of nitrogens with two attached hydrogens (primary N) is 1. The number of nitrogen functional groups attached to an aromatic ring is 1. The van der Waals surface area contributed by atoms with Crippen LogP contribution in [0, 0.1) is 0 Å². The molecule has 0 saturated heterocycles. The van der Waals surface area contributed by atoms with Gasteiger partial charge in [0.1, 0.15) is 12.4 Å². The van der Waals surface area contributed by atoms with Gasteiger partial charge >= 0.3 is 5.97 Å². The van der Waals surface area contributed by atoms with Crippen molar-refractivity contribution in [2.75, 3.05) is 25.6 Å².